The summed E-state index contributed by atoms with van der Waals surface area (Å²) in [5, 5.41) is 8.72. The van der Waals surface area contributed by atoms with Gasteiger partial charge >= 0.3 is 0 Å². The van der Waals surface area contributed by atoms with Gasteiger partial charge in [0.1, 0.15) is 5.75 Å². The second kappa shape index (κ2) is 9.17. The number of aryl methyl sites for hydroxylation is 1. The Kier molecular flexibility index (Phi) is 6.42. The number of nitrogens with zero attached hydrogens (tertiary/aromatic N) is 2. The third-order valence-corrected chi connectivity index (χ3v) is 4.47. The van der Waals surface area contributed by atoms with Crippen molar-refractivity contribution in [3.63, 3.8) is 0 Å². The van der Waals surface area contributed by atoms with Crippen molar-refractivity contribution in [2.24, 2.45) is 5.10 Å². The normalized spacial score (nSPS) is 13.2. The van der Waals surface area contributed by atoms with E-state index in [0.717, 1.165) is 23.3 Å². The number of amides is 2. The molecule has 0 aromatic heterocycles. The van der Waals surface area contributed by atoms with Crippen molar-refractivity contribution in [1.82, 2.24) is 5.01 Å². The molecule has 0 unspecified atom stereocenters. The fraction of sp³-hybridized carbons (Fsp3) is 0.318. The topological polar surface area (TPSA) is 71.0 Å². The molecule has 2 aromatic carbocycles. The Balaban J connectivity index is 1.54. The first-order valence-corrected chi connectivity index (χ1v) is 9.53. The SMILES string of the molecule is CCOc1cc(C)ccc1NC(=O)CCC(=O)N1CCC(c2ccccc2)=N1. The highest BCUT2D eigenvalue weighted by atomic mass is 16.5. The Hall–Kier alpha value is -3.15. The lowest BCUT2D eigenvalue weighted by Crippen LogP contribution is -2.25. The van der Waals surface area contributed by atoms with E-state index in [1.165, 1.54) is 5.01 Å². The molecule has 0 saturated heterocycles. The van der Waals surface area contributed by atoms with E-state index in [-0.39, 0.29) is 24.7 Å². The first-order valence-electron chi connectivity index (χ1n) is 9.53. The molecule has 0 saturated carbocycles. The highest BCUT2D eigenvalue weighted by Gasteiger charge is 2.22. The molecule has 2 amide bonds. The summed E-state index contributed by atoms with van der Waals surface area (Å²) >= 11 is 0. The lowest BCUT2D eigenvalue weighted by Gasteiger charge is -2.13. The smallest absolute Gasteiger partial charge is 0.243 e. The summed E-state index contributed by atoms with van der Waals surface area (Å²) < 4.78 is 5.57. The zero-order valence-electron chi connectivity index (χ0n) is 16.3. The van der Waals surface area contributed by atoms with Crippen molar-refractivity contribution < 1.29 is 14.3 Å². The maximum Gasteiger partial charge on any atom is 0.243 e. The average Bonchev–Trinajstić information content (AvgIpc) is 3.19. The van der Waals surface area contributed by atoms with Gasteiger partial charge in [0, 0.05) is 19.3 Å². The predicted molar refractivity (Wildman–Crippen MR) is 110 cm³/mol. The van der Waals surface area contributed by atoms with E-state index in [1.807, 2.05) is 62.4 Å². The average molecular weight is 379 g/mol. The van der Waals surface area contributed by atoms with Gasteiger partial charge < -0.3 is 10.1 Å². The minimum atomic E-state index is -0.218. The van der Waals surface area contributed by atoms with Gasteiger partial charge in [-0.05, 0) is 37.1 Å². The van der Waals surface area contributed by atoms with Gasteiger partial charge in [-0.1, -0.05) is 36.4 Å². The summed E-state index contributed by atoms with van der Waals surface area (Å²) in [7, 11) is 0. The Morgan fingerprint density at radius 1 is 1.14 bits per heavy atom. The Morgan fingerprint density at radius 2 is 1.93 bits per heavy atom. The third-order valence-electron chi connectivity index (χ3n) is 4.47. The van der Waals surface area contributed by atoms with Crippen LogP contribution in [0.15, 0.2) is 53.6 Å². The monoisotopic (exact) mass is 379 g/mol. The van der Waals surface area contributed by atoms with Crippen LogP contribution in [-0.4, -0.2) is 35.7 Å². The third kappa shape index (κ3) is 4.97. The fourth-order valence-electron chi connectivity index (χ4n) is 3.04. The van der Waals surface area contributed by atoms with Gasteiger partial charge in [0.2, 0.25) is 11.8 Å². The molecule has 0 atom stereocenters. The van der Waals surface area contributed by atoms with Crippen LogP contribution in [0.5, 0.6) is 5.75 Å². The Bertz CT molecular complexity index is 878. The number of ether oxygens (including phenoxy) is 1. The van der Waals surface area contributed by atoms with Crippen molar-refractivity contribution in [3.05, 3.63) is 59.7 Å². The molecule has 0 spiro atoms. The molecule has 6 nitrogen and oxygen atoms in total. The van der Waals surface area contributed by atoms with Crippen LogP contribution in [-0.2, 0) is 9.59 Å². The molecule has 28 heavy (non-hydrogen) atoms. The number of rotatable bonds is 7. The molecule has 1 heterocycles. The molecule has 0 radical (unpaired) electrons. The van der Waals surface area contributed by atoms with Crippen LogP contribution in [0.25, 0.3) is 0 Å². The van der Waals surface area contributed by atoms with Crippen LogP contribution >= 0.6 is 0 Å². The molecule has 2 aromatic rings. The highest BCUT2D eigenvalue weighted by molar-refractivity contribution is 6.02. The number of benzene rings is 2. The van der Waals surface area contributed by atoms with Crippen molar-refractivity contribution >= 4 is 23.2 Å². The zero-order chi connectivity index (χ0) is 19.9. The molecular formula is C22H25N3O3. The van der Waals surface area contributed by atoms with Crippen LogP contribution in [0, 0.1) is 6.92 Å². The lowest BCUT2D eigenvalue weighted by atomic mass is 10.1. The number of hydrazone groups is 1. The number of hydrogen-bond acceptors (Lipinski definition) is 4. The summed E-state index contributed by atoms with van der Waals surface area (Å²) in [6, 6.07) is 15.4. The van der Waals surface area contributed by atoms with Crippen LogP contribution in [0.3, 0.4) is 0 Å². The van der Waals surface area contributed by atoms with Gasteiger partial charge in [0.15, 0.2) is 0 Å². The van der Waals surface area contributed by atoms with Crippen molar-refractivity contribution in [2.45, 2.75) is 33.1 Å². The molecule has 1 aliphatic rings. The lowest BCUT2D eigenvalue weighted by molar-refractivity contribution is -0.132. The van der Waals surface area contributed by atoms with Crippen LogP contribution < -0.4 is 10.1 Å². The van der Waals surface area contributed by atoms with Gasteiger partial charge in [0.25, 0.3) is 0 Å². The fourth-order valence-corrected chi connectivity index (χ4v) is 3.04. The zero-order valence-corrected chi connectivity index (χ0v) is 16.3. The van der Waals surface area contributed by atoms with Gasteiger partial charge in [-0.25, -0.2) is 5.01 Å². The van der Waals surface area contributed by atoms with Crippen LogP contribution in [0.2, 0.25) is 0 Å². The standard InChI is InChI=1S/C22H25N3O3/c1-3-28-20-15-16(2)9-10-19(20)23-21(26)11-12-22(27)25-14-13-18(24-25)17-7-5-4-6-8-17/h4-10,15H,3,11-14H2,1-2H3,(H,23,26). The number of anilines is 1. The maximum absolute atomic E-state index is 12.4. The largest absolute Gasteiger partial charge is 0.492 e. The summed E-state index contributed by atoms with van der Waals surface area (Å²) in [6.07, 6.45) is 0.946. The van der Waals surface area contributed by atoms with E-state index in [0.29, 0.717) is 24.6 Å². The summed E-state index contributed by atoms with van der Waals surface area (Å²) in [5.74, 6) is 0.276. The number of nitrogens with one attached hydrogen (secondary N) is 1. The van der Waals surface area contributed by atoms with Gasteiger partial charge in [-0.15, -0.1) is 0 Å². The van der Waals surface area contributed by atoms with Gasteiger partial charge in [0.05, 0.1) is 24.6 Å². The van der Waals surface area contributed by atoms with E-state index in [2.05, 4.69) is 10.4 Å². The Labute approximate surface area is 165 Å². The van der Waals surface area contributed by atoms with Crippen LogP contribution in [0.1, 0.15) is 37.3 Å². The minimum Gasteiger partial charge on any atom is -0.492 e. The molecule has 146 valence electrons. The molecule has 0 aliphatic carbocycles. The molecule has 6 heteroatoms. The predicted octanol–water partition coefficient (Wildman–Crippen LogP) is 3.75. The first kappa shape index (κ1) is 19.6. The highest BCUT2D eigenvalue weighted by Crippen LogP contribution is 2.26. The molecule has 3 rings (SSSR count). The quantitative estimate of drug-likeness (QED) is 0.796. The Morgan fingerprint density at radius 3 is 2.68 bits per heavy atom. The maximum atomic E-state index is 12.4. The van der Waals surface area contributed by atoms with Crippen LogP contribution in [0.4, 0.5) is 5.69 Å². The van der Waals surface area contributed by atoms with Crippen molar-refractivity contribution in [3.8, 4) is 5.75 Å². The van der Waals surface area contributed by atoms with Crippen molar-refractivity contribution in [2.75, 3.05) is 18.5 Å². The summed E-state index contributed by atoms with van der Waals surface area (Å²) in [6.45, 7) is 4.93. The number of carbonyl (C=O) groups is 2. The van der Waals surface area contributed by atoms with E-state index in [1.54, 1.807) is 0 Å². The summed E-state index contributed by atoms with van der Waals surface area (Å²) in [5.41, 5.74) is 3.60. The van der Waals surface area contributed by atoms with Gasteiger partial charge in [-0.2, -0.15) is 5.10 Å². The number of carbonyl (C=O) groups excluding carboxylic acids is 2. The minimum absolute atomic E-state index is 0.102. The molecule has 0 bridgehead atoms. The molecule has 0 fully saturated rings. The molecule has 1 aliphatic heterocycles. The first-order chi connectivity index (χ1) is 13.6. The van der Waals surface area contributed by atoms with Crippen molar-refractivity contribution in [1.29, 1.82) is 0 Å². The molecule has 1 N–H and O–H groups in total. The second-order valence-electron chi connectivity index (χ2n) is 6.66. The van der Waals surface area contributed by atoms with E-state index in [4.69, 9.17) is 4.74 Å². The van der Waals surface area contributed by atoms with Gasteiger partial charge in [-0.3, -0.25) is 9.59 Å². The second-order valence-corrected chi connectivity index (χ2v) is 6.66. The summed E-state index contributed by atoms with van der Waals surface area (Å²) in [4.78, 5) is 24.7. The number of hydrogen-bond donors (Lipinski definition) is 1. The van der Waals surface area contributed by atoms with E-state index < -0.39 is 0 Å². The van der Waals surface area contributed by atoms with E-state index in [9.17, 15) is 9.59 Å². The molecular weight excluding hydrogens is 354 g/mol. The van der Waals surface area contributed by atoms with E-state index >= 15 is 0 Å².